The molecule has 102 valence electrons. The van der Waals surface area contributed by atoms with Crippen LogP contribution in [0.1, 0.15) is 12.8 Å². The lowest BCUT2D eigenvalue weighted by Crippen LogP contribution is -2.19. The molecule has 1 heterocycles. The minimum Gasteiger partial charge on any atom is -0.383 e. The highest BCUT2D eigenvalue weighted by Gasteiger charge is 2.35. The van der Waals surface area contributed by atoms with Crippen LogP contribution < -0.4 is 5.32 Å². The summed E-state index contributed by atoms with van der Waals surface area (Å²) in [6.45, 7) is 1.04. The van der Waals surface area contributed by atoms with Gasteiger partial charge in [-0.3, -0.25) is 0 Å². The van der Waals surface area contributed by atoms with Crippen LogP contribution in [0.4, 0.5) is 5.69 Å². The first-order chi connectivity index (χ1) is 9.90. The maximum absolute atomic E-state index is 4.08. The molecule has 0 aliphatic heterocycles. The van der Waals surface area contributed by atoms with E-state index in [4.69, 9.17) is 0 Å². The van der Waals surface area contributed by atoms with Gasteiger partial charge in [0.15, 0.2) is 0 Å². The van der Waals surface area contributed by atoms with E-state index in [1.807, 2.05) is 16.9 Å². The zero-order valence-corrected chi connectivity index (χ0v) is 11.3. The maximum Gasteiger partial charge on any atom is 0.0894 e. The second-order valence-corrected chi connectivity index (χ2v) is 5.79. The van der Waals surface area contributed by atoms with Crippen molar-refractivity contribution in [1.29, 1.82) is 0 Å². The van der Waals surface area contributed by atoms with Gasteiger partial charge in [-0.1, -0.05) is 29.5 Å². The van der Waals surface area contributed by atoms with Gasteiger partial charge in [0.1, 0.15) is 0 Å². The number of para-hydroxylation sites is 2. The molecule has 1 aromatic heterocycles. The van der Waals surface area contributed by atoms with Gasteiger partial charge < -0.3 is 5.32 Å². The van der Waals surface area contributed by atoms with E-state index < -0.39 is 0 Å². The van der Waals surface area contributed by atoms with Crippen LogP contribution in [-0.4, -0.2) is 21.5 Å². The van der Waals surface area contributed by atoms with E-state index in [0.717, 1.165) is 35.7 Å². The molecule has 1 N–H and O–H groups in total. The summed E-state index contributed by atoms with van der Waals surface area (Å²) in [6, 6.07) is 8.27. The summed E-state index contributed by atoms with van der Waals surface area (Å²) in [5.41, 5.74) is 2.19. The van der Waals surface area contributed by atoms with E-state index in [2.05, 4.69) is 46.0 Å². The molecule has 2 aliphatic carbocycles. The minimum absolute atomic E-state index is 0.772. The predicted molar refractivity (Wildman–Crippen MR) is 78.7 cm³/mol. The third-order valence-corrected chi connectivity index (χ3v) is 4.54. The van der Waals surface area contributed by atoms with Crippen LogP contribution in [0.15, 0.2) is 48.8 Å². The van der Waals surface area contributed by atoms with Crippen molar-refractivity contribution >= 4 is 5.69 Å². The summed E-state index contributed by atoms with van der Waals surface area (Å²) in [6.07, 6.45) is 11.1. The first-order valence-electron chi connectivity index (χ1n) is 7.28. The van der Waals surface area contributed by atoms with E-state index >= 15 is 0 Å². The highest BCUT2D eigenvalue weighted by Crippen LogP contribution is 2.43. The highest BCUT2D eigenvalue weighted by atomic mass is 15.4. The zero-order chi connectivity index (χ0) is 13.4. The number of benzene rings is 1. The monoisotopic (exact) mass is 266 g/mol. The molecule has 3 atom stereocenters. The van der Waals surface area contributed by atoms with Gasteiger partial charge in [0.25, 0.3) is 0 Å². The Bertz CT molecular complexity index is 617. The number of aromatic nitrogens is 3. The lowest BCUT2D eigenvalue weighted by Gasteiger charge is -2.20. The van der Waals surface area contributed by atoms with Crippen molar-refractivity contribution in [1.82, 2.24) is 15.0 Å². The Morgan fingerprint density at radius 2 is 2.15 bits per heavy atom. The molecule has 2 aromatic rings. The molecular formula is C16H18N4. The number of anilines is 1. The van der Waals surface area contributed by atoms with Crippen LogP contribution in [0, 0.1) is 17.8 Å². The maximum atomic E-state index is 4.08. The number of fused-ring (bicyclic) bond motifs is 2. The molecule has 1 saturated carbocycles. The molecule has 2 aliphatic rings. The van der Waals surface area contributed by atoms with Crippen LogP contribution >= 0.6 is 0 Å². The van der Waals surface area contributed by atoms with E-state index in [1.54, 1.807) is 6.20 Å². The molecule has 0 amide bonds. The fourth-order valence-electron chi connectivity index (χ4n) is 3.53. The Balaban J connectivity index is 1.50. The fraction of sp³-hybridized carbons (Fsp3) is 0.375. The van der Waals surface area contributed by atoms with Crippen molar-refractivity contribution in [3.8, 4) is 5.69 Å². The Morgan fingerprint density at radius 3 is 2.90 bits per heavy atom. The fourth-order valence-corrected chi connectivity index (χ4v) is 3.53. The predicted octanol–water partition coefficient (Wildman–Crippen LogP) is 2.89. The minimum atomic E-state index is 0.772. The van der Waals surface area contributed by atoms with Crippen molar-refractivity contribution in [2.75, 3.05) is 11.9 Å². The zero-order valence-electron chi connectivity index (χ0n) is 11.3. The number of hydrogen-bond donors (Lipinski definition) is 1. The van der Waals surface area contributed by atoms with Gasteiger partial charge in [0.05, 0.1) is 23.8 Å². The number of nitrogens with zero attached hydrogens (tertiary/aromatic N) is 3. The quantitative estimate of drug-likeness (QED) is 0.865. The normalized spacial score (nSPS) is 27.1. The molecule has 4 heteroatoms. The number of hydrogen-bond acceptors (Lipinski definition) is 3. The summed E-state index contributed by atoms with van der Waals surface area (Å²) in [5.74, 6) is 2.39. The molecule has 0 radical (unpaired) electrons. The Labute approximate surface area is 118 Å². The van der Waals surface area contributed by atoms with Gasteiger partial charge in [-0.2, -0.15) is 0 Å². The number of nitrogens with one attached hydrogen (secondary N) is 1. The molecule has 1 aromatic carbocycles. The molecule has 0 spiro atoms. The van der Waals surface area contributed by atoms with Crippen LogP contribution in [0.2, 0.25) is 0 Å². The molecule has 2 bridgehead atoms. The molecule has 3 unspecified atom stereocenters. The van der Waals surface area contributed by atoms with E-state index in [1.165, 1.54) is 12.8 Å². The van der Waals surface area contributed by atoms with Gasteiger partial charge in [-0.25, -0.2) is 4.68 Å². The SMILES string of the molecule is C1=CC2CC1CC2CNc1ccccc1-n1ccnn1. The standard InChI is InChI=1S/C16H18N4/c1-2-4-16(20-8-7-18-19-20)15(3-1)17-11-14-10-12-5-6-13(14)9-12/h1-8,12-14,17H,9-11H2. The second kappa shape index (κ2) is 4.78. The van der Waals surface area contributed by atoms with Gasteiger partial charge in [-0.05, 0) is 42.7 Å². The van der Waals surface area contributed by atoms with Gasteiger partial charge >= 0.3 is 0 Å². The van der Waals surface area contributed by atoms with E-state index in [9.17, 15) is 0 Å². The third-order valence-electron chi connectivity index (χ3n) is 4.54. The van der Waals surface area contributed by atoms with Crippen molar-refractivity contribution in [2.24, 2.45) is 17.8 Å². The van der Waals surface area contributed by atoms with Crippen molar-refractivity contribution < 1.29 is 0 Å². The van der Waals surface area contributed by atoms with Gasteiger partial charge in [-0.15, -0.1) is 5.10 Å². The average Bonchev–Trinajstić information content (AvgIpc) is 3.22. The lowest BCUT2D eigenvalue weighted by molar-refractivity contribution is 0.472. The summed E-state index contributed by atoms with van der Waals surface area (Å²) >= 11 is 0. The van der Waals surface area contributed by atoms with Crippen LogP contribution in [0.5, 0.6) is 0 Å². The molecule has 4 rings (SSSR count). The number of rotatable bonds is 4. The molecular weight excluding hydrogens is 248 g/mol. The van der Waals surface area contributed by atoms with Crippen molar-refractivity contribution in [3.05, 3.63) is 48.8 Å². The summed E-state index contributed by atoms with van der Waals surface area (Å²) in [7, 11) is 0. The van der Waals surface area contributed by atoms with Crippen molar-refractivity contribution in [3.63, 3.8) is 0 Å². The summed E-state index contributed by atoms with van der Waals surface area (Å²) in [5, 5.41) is 11.6. The van der Waals surface area contributed by atoms with Gasteiger partial charge in [0, 0.05) is 6.54 Å². The van der Waals surface area contributed by atoms with E-state index in [0.29, 0.717) is 0 Å². The smallest absolute Gasteiger partial charge is 0.0894 e. The first-order valence-corrected chi connectivity index (χ1v) is 7.28. The Morgan fingerprint density at radius 1 is 1.20 bits per heavy atom. The van der Waals surface area contributed by atoms with E-state index in [-0.39, 0.29) is 0 Å². The van der Waals surface area contributed by atoms with Gasteiger partial charge in [0.2, 0.25) is 0 Å². The molecule has 4 nitrogen and oxygen atoms in total. The van der Waals surface area contributed by atoms with Crippen molar-refractivity contribution in [2.45, 2.75) is 12.8 Å². The first kappa shape index (κ1) is 11.7. The Hall–Kier alpha value is -2.10. The third kappa shape index (κ3) is 2.01. The van der Waals surface area contributed by atoms with Crippen LogP contribution in [0.25, 0.3) is 5.69 Å². The average molecular weight is 266 g/mol. The highest BCUT2D eigenvalue weighted by molar-refractivity contribution is 5.60. The topological polar surface area (TPSA) is 42.7 Å². The lowest BCUT2D eigenvalue weighted by atomic mass is 9.93. The van der Waals surface area contributed by atoms with Crippen LogP contribution in [-0.2, 0) is 0 Å². The Kier molecular flexibility index (Phi) is 2.80. The summed E-state index contributed by atoms with van der Waals surface area (Å²) < 4.78 is 1.81. The summed E-state index contributed by atoms with van der Waals surface area (Å²) in [4.78, 5) is 0. The largest absolute Gasteiger partial charge is 0.383 e. The molecule has 20 heavy (non-hydrogen) atoms. The molecule has 0 saturated heterocycles. The number of allylic oxidation sites excluding steroid dienone is 2. The van der Waals surface area contributed by atoms with Crippen LogP contribution in [0.3, 0.4) is 0 Å². The molecule has 1 fully saturated rings. The second-order valence-electron chi connectivity index (χ2n) is 5.79.